The van der Waals surface area contributed by atoms with Gasteiger partial charge >= 0.3 is 0 Å². The summed E-state index contributed by atoms with van der Waals surface area (Å²) in [6.45, 7) is 3.93. The zero-order valence-corrected chi connectivity index (χ0v) is 9.92. The Labute approximate surface area is 95.8 Å². The molecule has 0 radical (unpaired) electrons. The number of nitrogens with one attached hydrogen (secondary N) is 1. The van der Waals surface area contributed by atoms with Gasteiger partial charge in [0.2, 0.25) is 5.91 Å². The Morgan fingerprint density at radius 2 is 2.00 bits per heavy atom. The van der Waals surface area contributed by atoms with E-state index in [1.807, 2.05) is 30.7 Å². The van der Waals surface area contributed by atoms with E-state index in [-0.39, 0.29) is 11.4 Å². The molecule has 0 saturated heterocycles. The Bertz CT molecular complexity index is 385. The molecule has 2 rings (SSSR count). The Balaban J connectivity index is 1.97. The summed E-state index contributed by atoms with van der Waals surface area (Å²) in [6.07, 6.45) is 3.49. The van der Waals surface area contributed by atoms with E-state index in [0.29, 0.717) is 6.42 Å². The molecule has 4 nitrogen and oxygen atoms in total. The number of rotatable bonds is 3. The van der Waals surface area contributed by atoms with Crippen molar-refractivity contribution in [1.82, 2.24) is 4.68 Å². The summed E-state index contributed by atoms with van der Waals surface area (Å²) in [5.41, 5.74) is 10.7. The predicted octanol–water partition coefficient (Wildman–Crippen LogP) is 1.45. The van der Waals surface area contributed by atoms with Gasteiger partial charge in [0.1, 0.15) is 0 Å². The zero-order chi connectivity index (χ0) is 11.8. The number of aromatic nitrogens is 1. The van der Waals surface area contributed by atoms with E-state index in [0.717, 1.165) is 30.7 Å². The van der Waals surface area contributed by atoms with Crippen LogP contribution in [0, 0.1) is 13.8 Å². The van der Waals surface area contributed by atoms with Crippen molar-refractivity contribution >= 4 is 5.91 Å². The molecule has 88 valence electrons. The van der Waals surface area contributed by atoms with Gasteiger partial charge in [-0.05, 0) is 45.2 Å². The van der Waals surface area contributed by atoms with Gasteiger partial charge in [-0.25, -0.2) is 0 Å². The van der Waals surface area contributed by atoms with Crippen molar-refractivity contribution in [2.45, 2.75) is 45.1 Å². The van der Waals surface area contributed by atoms with Crippen LogP contribution in [-0.4, -0.2) is 16.1 Å². The first-order valence-electron chi connectivity index (χ1n) is 5.74. The van der Waals surface area contributed by atoms with Crippen molar-refractivity contribution in [1.29, 1.82) is 0 Å². The Morgan fingerprint density at radius 1 is 1.44 bits per heavy atom. The molecule has 0 atom stereocenters. The molecule has 1 aliphatic rings. The van der Waals surface area contributed by atoms with Gasteiger partial charge in [-0.3, -0.25) is 14.9 Å². The first kappa shape index (κ1) is 11.2. The maximum atomic E-state index is 11.8. The quantitative estimate of drug-likeness (QED) is 0.811. The summed E-state index contributed by atoms with van der Waals surface area (Å²) < 4.78 is 1.81. The summed E-state index contributed by atoms with van der Waals surface area (Å²) in [5, 5.41) is 0. The molecule has 16 heavy (non-hydrogen) atoms. The smallest absolute Gasteiger partial charge is 0.240 e. The number of hydrogen-bond donors (Lipinski definition) is 2. The van der Waals surface area contributed by atoms with Crippen molar-refractivity contribution in [3.05, 3.63) is 23.5 Å². The van der Waals surface area contributed by atoms with Gasteiger partial charge in [-0.1, -0.05) is 0 Å². The van der Waals surface area contributed by atoms with E-state index in [2.05, 4.69) is 5.43 Å². The van der Waals surface area contributed by atoms with Gasteiger partial charge in [0.15, 0.2) is 0 Å². The van der Waals surface area contributed by atoms with Gasteiger partial charge in [0.05, 0.1) is 0 Å². The molecular formula is C12H19N3O. The number of aryl methyl sites for hydroxylation is 2. The van der Waals surface area contributed by atoms with E-state index in [1.165, 1.54) is 0 Å². The highest BCUT2D eigenvalue weighted by molar-refractivity contribution is 5.85. The largest absolute Gasteiger partial charge is 0.325 e. The van der Waals surface area contributed by atoms with Crippen LogP contribution in [0.5, 0.6) is 0 Å². The number of nitrogens with zero attached hydrogens (tertiary/aromatic N) is 1. The van der Waals surface area contributed by atoms with Crippen LogP contribution in [0.1, 0.15) is 37.1 Å². The average molecular weight is 221 g/mol. The summed E-state index contributed by atoms with van der Waals surface area (Å²) in [5.74, 6) is 0.00426. The average Bonchev–Trinajstić information content (AvgIpc) is 2.47. The lowest BCUT2D eigenvalue weighted by Gasteiger charge is -2.37. The molecule has 1 aromatic heterocycles. The van der Waals surface area contributed by atoms with E-state index >= 15 is 0 Å². The van der Waals surface area contributed by atoms with E-state index < -0.39 is 0 Å². The van der Waals surface area contributed by atoms with Gasteiger partial charge in [0, 0.05) is 23.3 Å². The lowest BCUT2D eigenvalue weighted by Crippen LogP contribution is -2.49. The van der Waals surface area contributed by atoms with Gasteiger partial charge in [-0.2, -0.15) is 0 Å². The molecule has 0 bridgehead atoms. The first-order valence-corrected chi connectivity index (χ1v) is 5.74. The van der Waals surface area contributed by atoms with Crippen LogP contribution in [0.15, 0.2) is 12.1 Å². The molecule has 4 heteroatoms. The van der Waals surface area contributed by atoms with Crippen LogP contribution >= 0.6 is 0 Å². The lowest BCUT2D eigenvalue weighted by molar-refractivity contribution is -0.119. The van der Waals surface area contributed by atoms with Crippen molar-refractivity contribution < 1.29 is 4.79 Å². The minimum absolute atomic E-state index is 0.00426. The predicted molar refractivity (Wildman–Crippen MR) is 63.7 cm³/mol. The monoisotopic (exact) mass is 221 g/mol. The third-order valence-electron chi connectivity index (χ3n) is 3.37. The van der Waals surface area contributed by atoms with Crippen molar-refractivity contribution in [2.75, 3.05) is 5.43 Å². The summed E-state index contributed by atoms with van der Waals surface area (Å²) in [7, 11) is 0. The highest BCUT2D eigenvalue weighted by Crippen LogP contribution is 2.32. The molecule has 0 aromatic carbocycles. The molecule has 1 fully saturated rings. The van der Waals surface area contributed by atoms with Crippen molar-refractivity contribution in [3.8, 4) is 0 Å². The van der Waals surface area contributed by atoms with Crippen LogP contribution < -0.4 is 11.2 Å². The molecule has 0 aliphatic heterocycles. The molecule has 0 spiro atoms. The Morgan fingerprint density at radius 3 is 2.44 bits per heavy atom. The molecule has 3 N–H and O–H groups in total. The summed E-state index contributed by atoms with van der Waals surface area (Å²) in [6, 6.07) is 3.97. The molecule has 0 unspecified atom stereocenters. The molecule has 1 saturated carbocycles. The highest BCUT2D eigenvalue weighted by atomic mass is 16.2. The van der Waals surface area contributed by atoms with Gasteiger partial charge < -0.3 is 5.73 Å². The van der Waals surface area contributed by atoms with Crippen LogP contribution in [0.4, 0.5) is 0 Å². The van der Waals surface area contributed by atoms with Crippen LogP contribution in [0.2, 0.25) is 0 Å². The maximum Gasteiger partial charge on any atom is 0.240 e. The minimum Gasteiger partial charge on any atom is -0.325 e. The number of carbonyl (C=O) groups is 1. The third kappa shape index (κ3) is 2.11. The number of nitrogens with two attached hydrogens (primary N) is 1. The van der Waals surface area contributed by atoms with Crippen molar-refractivity contribution in [3.63, 3.8) is 0 Å². The third-order valence-corrected chi connectivity index (χ3v) is 3.37. The fourth-order valence-corrected chi connectivity index (χ4v) is 2.14. The van der Waals surface area contributed by atoms with E-state index in [9.17, 15) is 4.79 Å². The zero-order valence-electron chi connectivity index (χ0n) is 9.92. The van der Waals surface area contributed by atoms with E-state index in [1.54, 1.807) is 0 Å². The second-order valence-corrected chi connectivity index (χ2v) is 4.88. The highest BCUT2D eigenvalue weighted by Gasteiger charge is 2.34. The second-order valence-electron chi connectivity index (χ2n) is 4.88. The molecule has 1 aliphatic carbocycles. The molecule has 1 amide bonds. The van der Waals surface area contributed by atoms with Crippen molar-refractivity contribution in [2.24, 2.45) is 5.73 Å². The fourth-order valence-electron chi connectivity index (χ4n) is 2.14. The standard InChI is InChI=1S/C12H19N3O/c1-9-4-5-10(2)15(9)14-11(16)8-12(13)6-3-7-12/h4-5H,3,6-8,13H2,1-2H3,(H,14,16). The minimum atomic E-state index is -0.251. The molecule has 1 heterocycles. The fraction of sp³-hybridized carbons (Fsp3) is 0.583. The van der Waals surface area contributed by atoms with Crippen LogP contribution in [0.3, 0.4) is 0 Å². The van der Waals surface area contributed by atoms with Gasteiger partial charge in [0.25, 0.3) is 0 Å². The summed E-state index contributed by atoms with van der Waals surface area (Å²) >= 11 is 0. The van der Waals surface area contributed by atoms with Crippen LogP contribution in [0.25, 0.3) is 0 Å². The normalized spacial score (nSPS) is 17.9. The number of amides is 1. The second kappa shape index (κ2) is 3.94. The molecule has 1 aromatic rings. The summed E-state index contributed by atoms with van der Waals surface area (Å²) in [4.78, 5) is 11.8. The van der Waals surface area contributed by atoms with Gasteiger partial charge in [-0.15, -0.1) is 0 Å². The Hall–Kier alpha value is -1.29. The maximum absolute atomic E-state index is 11.8. The SMILES string of the molecule is Cc1ccc(C)n1NC(=O)CC1(N)CCC1. The van der Waals surface area contributed by atoms with Crippen LogP contribution in [-0.2, 0) is 4.79 Å². The number of carbonyl (C=O) groups excluding carboxylic acids is 1. The van der Waals surface area contributed by atoms with E-state index in [4.69, 9.17) is 5.73 Å². The topological polar surface area (TPSA) is 60.0 Å². The molecular weight excluding hydrogens is 202 g/mol. The first-order chi connectivity index (χ1) is 7.50. The Kier molecular flexibility index (Phi) is 2.76. The lowest BCUT2D eigenvalue weighted by atomic mass is 9.75. The number of hydrogen-bond acceptors (Lipinski definition) is 2.